The van der Waals surface area contributed by atoms with Gasteiger partial charge in [-0.2, -0.15) is 5.10 Å². The summed E-state index contributed by atoms with van der Waals surface area (Å²) in [5.74, 6) is 0.0956. The number of nitrogens with zero attached hydrogens (tertiary/aromatic N) is 1. The molecule has 6 heteroatoms. The van der Waals surface area contributed by atoms with Crippen molar-refractivity contribution in [2.24, 2.45) is 5.10 Å². The second-order valence-electron chi connectivity index (χ2n) is 7.41. The molecule has 4 rings (SSSR count). The number of hydrazone groups is 1. The minimum Gasteiger partial charge on any atom is -0.488 e. The van der Waals surface area contributed by atoms with Crippen molar-refractivity contribution in [2.75, 3.05) is 5.32 Å². The SMILES string of the molecule is O=C(N/N=C\c1ccccc1OCc1ccccc1)c1ccc(NC(=O)c2ccccc2)cc1. The predicted octanol–water partition coefficient (Wildman–Crippen LogP) is 5.28. The second kappa shape index (κ2) is 11.2. The van der Waals surface area contributed by atoms with Crippen molar-refractivity contribution >= 4 is 23.7 Å². The molecule has 4 aromatic carbocycles. The molecule has 0 unspecified atom stereocenters. The number of nitrogens with one attached hydrogen (secondary N) is 2. The van der Waals surface area contributed by atoms with E-state index in [1.54, 1.807) is 54.7 Å². The lowest BCUT2D eigenvalue weighted by Crippen LogP contribution is -2.18. The molecule has 0 saturated heterocycles. The minimum absolute atomic E-state index is 0.212. The van der Waals surface area contributed by atoms with Gasteiger partial charge in [-0.25, -0.2) is 5.43 Å². The third-order valence-corrected chi connectivity index (χ3v) is 4.97. The van der Waals surface area contributed by atoms with Gasteiger partial charge in [-0.05, 0) is 54.1 Å². The van der Waals surface area contributed by atoms with E-state index < -0.39 is 0 Å². The van der Waals surface area contributed by atoms with Gasteiger partial charge < -0.3 is 10.1 Å². The highest BCUT2D eigenvalue weighted by molar-refractivity contribution is 6.04. The summed E-state index contributed by atoms with van der Waals surface area (Å²) in [5, 5.41) is 6.87. The van der Waals surface area contributed by atoms with E-state index in [0.29, 0.717) is 29.2 Å². The first-order valence-electron chi connectivity index (χ1n) is 10.7. The standard InChI is InChI=1S/C28H23N3O3/c32-27(22-11-5-2-6-12-22)30-25-17-15-23(16-18-25)28(33)31-29-19-24-13-7-8-14-26(24)34-20-21-9-3-1-4-10-21/h1-19H,20H2,(H,30,32)(H,31,33)/b29-19-. The number of anilines is 1. The van der Waals surface area contributed by atoms with Gasteiger partial charge >= 0.3 is 0 Å². The molecule has 4 aromatic rings. The van der Waals surface area contributed by atoms with E-state index in [9.17, 15) is 9.59 Å². The molecule has 6 nitrogen and oxygen atoms in total. The molecule has 0 aliphatic rings. The molecule has 0 atom stereocenters. The highest BCUT2D eigenvalue weighted by Crippen LogP contribution is 2.18. The first-order valence-corrected chi connectivity index (χ1v) is 10.7. The van der Waals surface area contributed by atoms with E-state index in [-0.39, 0.29) is 11.8 Å². The fourth-order valence-electron chi connectivity index (χ4n) is 3.18. The number of rotatable bonds is 8. The van der Waals surface area contributed by atoms with Crippen LogP contribution in [-0.4, -0.2) is 18.0 Å². The van der Waals surface area contributed by atoms with Crippen LogP contribution in [0.25, 0.3) is 0 Å². The number of para-hydroxylation sites is 1. The van der Waals surface area contributed by atoms with Gasteiger partial charge in [0.2, 0.25) is 0 Å². The lowest BCUT2D eigenvalue weighted by atomic mass is 10.1. The summed E-state index contributed by atoms with van der Waals surface area (Å²) in [6.45, 7) is 0.436. The molecule has 168 valence electrons. The van der Waals surface area contributed by atoms with Crippen molar-refractivity contribution in [1.82, 2.24) is 5.43 Å². The second-order valence-corrected chi connectivity index (χ2v) is 7.41. The summed E-state index contributed by atoms with van der Waals surface area (Å²) in [6.07, 6.45) is 1.55. The van der Waals surface area contributed by atoms with E-state index >= 15 is 0 Å². The molecule has 0 aliphatic heterocycles. The number of amides is 2. The van der Waals surface area contributed by atoms with E-state index in [1.165, 1.54) is 0 Å². The minimum atomic E-state index is -0.361. The summed E-state index contributed by atoms with van der Waals surface area (Å²) in [4.78, 5) is 24.7. The zero-order valence-corrected chi connectivity index (χ0v) is 18.3. The van der Waals surface area contributed by atoms with E-state index in [1.807, 2.05) is 60.7 Å². The van der Waals surface area contributed by atoms with Crippen LogP contribution in [0.5, 0.6) is 5.75 Å². The van der Waals surface area contributed by atoms with Crippen LogP contribution >= 0.6 is 0 Å². The lowest BCUT2D eigenvalue weighted by molar-refractivity contribution is 0.0954. The molecule has 0 aromatic heterocycles. The van der Waals surface area contributed by atoms with E-state index in [0.717, 1.165) is 11.1 Å². The Hall–Kier alpha value is -4.71. The van der Waals surface area contributed by atoms with Gasteiger partial charge in [-0.15, -0.1) is 0 Å². The molecule has 0 heterocycles. The van der Waals surface area contributed by atoms with Gasteiger partial charge in [0.25, 0.3) is 11.8 Å². The van der Waals surface area contributed by atoms with Crippen molar-refractivity contribution < 1.29 is 14.3 Å². The molecular formula is C28H23N3O3. The Kier molecular flexibility index (Phi) is 7.43. The number of benzene rings is 4. The first-order chi connectivity index (χ1) is 16.7. The Morgan fingerprint density at radius 3 is 2.06 bits per heavy atom. The Bertz CT molecular complexity index is 1270. The lowest BCUT2D eigenvalue weighted by Gasteiger charge is -2.09. The highest BCUT2D eigenvalue weighted by atomic mass is 16.5. The zero-order chi connectivity index (χ0) is 23.6. The smallest absolute Gasteiger partial charge is 0.271 e. The van der Waals surface area contributed by atoms with Crippen molar-refractivity contribution in [2.45, 2.75) is 6.61 Å². The molecule has 2 N–H and O–H groups in total. The number of carbonyl (C=O) groups excluding carboxylic acids is 2. The van der Waals surface area contributed by atoms with Crippen LogP contribution in [0.1, 0.15) is 31.8 Å². The quantitative estimate of drug-likeness (QED) is 0.284. The average Bonchev–Trinajstić information content (AvgIpc) is 2.89. The molecule has 0 saturated carbocycles. The third kappa shape index (κ3) is 6.17. The topological polar surface area (TPSA) is 79.8 Å². The maximum absolute atomic E-state index is 12.4. The van der Waals surface area contributed by atoms with Gasteiger partial charge in [-0.1, -0.05) is 60.7 Å². The van der Waals surface area contributed by atoms with Crippen LogP contribution in [0.2, 0.25) is 0 Å². The molecule has 2 amide bonds. The van der Waals surface area contributed by atoms with Crippen LogP contribution in [0.4, 0.5) is 5.69 Å². The summed E-state index contributed by atoms with van der Waals surface area (Å²) < 4.78 is 5.90. The monoisotopic (exact) mass is 449 g/mol. The Morgan fingerprint density at radius 2 is 1.32 bits per heavy atom. The highest BCUT2D eigenvalue weighted by Gasteiger charge is 2.08. The molecule has 34 heavy (non-hydrogen) atoms. The summed E-state index contributed by atoms with van der Waals surface area (Å²) >= 11 is 0. The van der Waals surface area contributed by atoms with E-state index in [2.05, 4.69) is 15.8 Å². The zero-order valence-electron chi connectivity index (χ0n) is 18.3. The van der Waals surface area contributed by atoms with Crippen molar-refractivity contribution in [3.05, 3.63) is 131 Å². The summed E-state index contributed by atoms with van der Waals surface area (Å²) in [5.41, 5.74) is 5.91. The van der Waals surface area contributed by atoms with Crippen LogP contribution in [0.15, 0.2) is 114 Å². The molecule has 0 radical (unpaired) electrons. The fourth-order valence-corrected chi connectivity index (χ4v) is 3.18. The van der Waals surface area contributed by atoms with Gasteiger partial charge in [0.05, 0.1) is 6.21 Å². The Balaban J connectivity index is 1.33. The molecular weight excluding hydrogens is 426 g/mol. The van der Waals surface area contributed by atoms with Gasteiger partial charge in [-0.3, -0.25) is 9.59 Å². The maximum atomic E-state index is 12.4. The maximum Gasteiger partial charge on any atom is 0.271 e. The molecule has 0 aliphatic carbocycles. The molecule has 0 spiro atoms. The fraction of sp³-hybridized carbons (Fsp3) is 0.0357. The molecule has 0 bridgehead atoms. The van der Waals surface area contributed by atoms with Crippen molar-refractivity contribution in [3.8, 4) is 5.75 Å². The van der Waals surface area contributed by atoms with Crippen molar-refractivity contribution in [1.29, 1.82) is 0 Å². The number of hydrogen-bond acceptors (Lipinski definition) is 4. The van der Waals surface area contributed by atoms with Crippen LogP contribution in [0.3, 0.4) is 0 Å². The van der Waals surface area contributed by atoms with Gasteiger partial charge in [0.15, 0.2) is 0 Å². The van der Waals surface area contributed by atoms with E-state index in [4.69, 9.17) is 4.74 Å². The Labute approximate surface area is 197 Å². The summed E-state index contributed by atoms with van der Waals surface area (Å²) in [6, 6.07) is 32.9. The normalized spacial score (nSPS) is 10.6. The largest absolute Gasteiger partial charge is 0.488 e. The van der Waals surface area contributed by atoms with Crippen LogP contribution < -0.4 is 15.5 Å². The van der Waals surface area contributed by atoms with Crippen LogP contribution in [-0.2, 0) is 6.61 Å². The summed E-state index contributed by atoms with van der Waals surface area (Å²) in [7, 11) is 0. The first kappa shape index (κ1) is 22.5. The average molecular weight is 450 g/mol. The van der Waals surface area contributed by atoms with Crippen LogP contribution in [0, 0.1) is 0 Å². The predicted molar refractivity (Wildman–Crippen MR) is 133 cm³/mol. The number of carbonyl (C=O) groups is 2. The van der Waals surface area contributed by atoms with Crippen molar-refractivity contribution in [3.63, 3.8) is 0 Å². The number of ether oxygens (including phenoxy) is 1. The third-order valence-electron chi connectivity index (χ3n) is 4.97. The molecule has 0 fully saturated rings. The number of hydrogen-bond donors (Lipinski definition) is 2. The van der Waals surface area contributed by atoms with Gasteiger partial charge in [0, 0.05) is 22.4 Å². The Morgan fingerprint density at radius 1 is 0.706 bits per heavy atom. The van der Waals surface area contributed by atoms with Gasteiger partial charge in [0.1, 0.15) is 12.4 Å².